The van der Waals surface area contributed by atoms with Crippen LogP contribution in [0.1, 0.15) is 0 Å². The molecular weight excluding hydrogens is 320 g/mol. The van der Waals surface area contributed by atoms with E-state index in [0.29, 0.717) is 24.8 Å². The highest BCUT2D eigenvalue weighted by Crippen LogP contribution is 2.20. The lowest BCUT2D eigenvalue weighted by atomic mass is 9.98. The number of halogens is 3. The van der Waals surface area contributed by atoms with Crippen LogP contribution in [-0.2, 0) is 4.74 Å². The molecule has 0 aromatic rings. The topological polar surface area (TPSA) is 93.4 Å². The standard InChI is InChI=1S/C10H19Cl2NO5.ClH/c11-1-3-13(4-2-12)5-6-7(14)8(15)9(16)10(17)18-6;/h6-10,14-17H,1-5H2;1H/t6-,7+,8+,9-,10-;/m1./s1. The minimum atomic E-state index is -1.51. The van der Waals surface area contributed by atoms with Gasteiger partial charge in [0.05, 0.1) is 0 Å². The number of alkyl halides is 2. The van der Waals surface area contributed by atoms with Gasteiger partial charge in [-0.15, -0.1) is 35.6 Å². The molecule has 1 fully saturated rings. The summed E-state index contributed by atoms with van der Waals surface area (Å²) >= 11 is 11.3. The van der Waals surface area contributed by atoms with Crippen molar-refractivity contribution in [1.82, 2.24) is 4.90 Å². The van der Waals surface area contributed by atoms with Crippen LogP contribution < -0.4 is 0 Å². The summed E-state index contributed by atoms with van der Waals surface area (Å²) in [6, 6.07) is 0. The lowest BCUT2D eigenvalue weighted by molar-refractivity contribution is -0.283. The number of aliphatic hydroxyl groups is 4. The summed E-state index contributed by atoms with van der Waals surface area (Å²) in [7, 11) is 0. The number of hydrogen-bond donors (Lipinski definition) is 4. The molecule has 0 aromatic heterocycles. The molecule has 0 aliphatic carbocycles. The minimum absolute atomic E-state index is 0. The third kappa shape index (κ3) is 5.49. The highest BCUT2D eigenvalue weighted by Gasteiger charge is 2.43. The molecule has 9 heteroatoms. The summed E-state index contributed by atoms with van der Waals surface area (Å²) in [6.45, 7) is 1.37. The molecule has 0 radical (unpaired) electrons. The second kappa shape index (κ2) is 9.55. The maximum atomic E-state index is 9.77. The highest BCUT2D eigenvalue weighted by molar-refractivity contribution is 6.18. The van der Waals surface area contributed by atoms with Crippen molar-refractivity contribution in [2.45, 2.75) is 30.7 Å². The van der Waals surface area contributed by atoms with Crippen molar-refractivity contribution in [1.29, 1.82) is 0 Å². The van der Waals surface area contributed by atoms with Crippen molar-refractivity contribution in [3.8, 4) is 0 Å². The lowest BCUT2D eigenvalue weighted by Crippen LogP contribution is -2.60. The van der Waals surface area contributed by atoms with Crippen LogP contribution in [0.25, 0.3) is 0 Å². The van der Waals surface area contributed by atoms with Crippen LogP contribution in [0.3, 0.4) is 0 Å². The first kappa shape index (κ1) is 19.6. The molecule has 5 atom stereocenters. The van der Waals surface area contributed by atoms with E-state index < -0.39 is 30.7 Å². The first-order valence-corrected chi connectivity index (χ1v) is 6.80. The zero-order valence-electron chi connectivity index (χ0n) is 10.2. The van der Waals surface area contributed by atoms with Gasteiger partial charge in [-0.25, -0.2) is 0 Å². The number of rotatable bonds is 6. The van der Waals surface area contributed by atoms with E-state index in [-0.39, 0.29) is 19.0 Å². The second-order valence-electron chi connectivity index (χ2n) is 4.22. The normalized spacial score (nSPS) is 35.2. The molecule has 0 saturated carbocycles. The van der Waals surface area contributed by atoms with Gasteiger partial charge in [0.2, 0.25) is 0 Å². The van der Waals surface area contributed by atoms with Gasteiger partial charge in [0.1, 0.15) is 24.4 Å². The molecule has 6 nitrogen and oxygen atoms in total. The molecule has 1 saturated heterocycles. The quantitative estimate of drug-likeness (QED) is 0.463. The van der Waals surface area contributed by atoms with Crippen LogP contribution >= 0.6 is 35.6 Å². The van der Waals surface area contributed by atoms with Gasteiger partial charge in [-0.2, -0.15) is 0 Å². The molecule has 1 heterocycles. The van der Waals surface area contributed by atoms with E-state index in [2.05, 4.69) is 0 Å². The van der Waals surface area contributed by atoms with Crippen LogP contribution in [0, 0.1) is 0 Å². The van der Waals surface area contributed by atoms with Crippen molar-refractivity contribution in [3.05, 3.63) is 0 Å². The zero-order valence-corrected chi connectivity index (χ0v) is 12.6. The van der Waals surface area contributed by atoms with Crippen molar-refractivity contribution < 1.29 is 25.2 Å². The first-order valence-electron chi connectivity index (χ1n) is 5.73. The molecule has 4 N–H and O–H groups in total. The molecule has 1 aliphatic rings. The van der Waals surface area contributed by atoms with E-state index in [1.54, 1.807) is 0 Å². The highest BCUT2D eigenvalue weighted by atomic mass is 35.5. The molecule has 1 aliphatic heterocycles. The lowest BCUT2D eigenvalue weighted by Gasteiger charge is -2.40. The van der Waals surface area contributed by atoms with Gasteiger partial charge in [-0.05, 0) is 0 Å². The van der Waals surface area contributed by atoms with Crippen LogP contribution in [0.5, 0.6) is 0 Å². The summed E-state index contributed by atoms with van der Waals surface area (Å²) in [5, 5.41) is 38.1. The summed E-state index contributed by atoms with van der Waals surface area (Å²) < 4.78 is 5.07. The Kier molecular flexibility index (Phi) is 9.86. The molecular formula is C10H20Cl3NO5. The fraction of sp³-hybridized carbons (Fsp3) is 1.00. The van der Waals surface area contributed by atoms with E-state index in [9.17, 15) is 20.4 Å². The van der Waals surface area contributed by atoms with E-state index in [0.717, 1.165) is 0 Å². The molecule has 0 spiro atoms. The Morgan fingerprint density at radius 3 is 1.89 bits per heavy atom. The van der Waals surface area contributed by atoms with Gasteiger partial charge >= 0.3 is 0 Å². The molecule has 0 aromatic carbocycles. The Morgan fingerprint density at radius 2 is 1.42 bits per heavy atom. The van der Waals surface area contributed by atoms with Gasteiger partial charge in [0, 0.05) is 31.4 Å². The number of ether oxygens (including phenoxy) is 1. The Hall–Kier alpha value is 0.630. The fourth-order valence-corrected chi connectivity index (χ4v) is 2.35. The van der Waals surface area contributed by atoms with Crippen LogP contribution in [0.15, 0.2) is 0 Å². The van der Waals surface area contributed by atoms with Crippen LogP contribution in [0.2, 0.25) is 0 Å². The Balaban J connectivity index is 0.00000324. The van der Waals surface area contributed by atoms with Gasteiger partial charge < -0.3 is 25.2 Å². The van der Waals surface area contributed by atoms with Gasteiger partial charge in [-0.3, -0.25) is 4.90 Å². The molecule has 19 heavy (non-hydrogen) atoms. The predicted octanol–water partition coefficient (Wildman–Crippen LogP) is -1.01. The van der Waals surface area contributed by atoms with Crippen LogP contribution in [-0.4, -0.2) is 87.4 Å². The molecule has 1 rings (SSSR count). The van der Waals surface area contributed by atoms with E-state index in [1.165, 1.54) is 0 Å². The third-order valence-corrected chi connectivity index (χ3v) is 3.26. The molecule has 0 unspecified atom stereocenters. The van der Waals surface area contributed by atoms with E-state index >= 15 is 0 Å². The van der Waals surface area contributed by atoms with Gasteiger partial charge in [0.15, 0.2) is 6.29 Å². The zero-order chi connectivity index (χ0) is 13.7. The summed E-state index contributed by atoms with van der Waals surface area (Å²) in [6.07, 6.45) is -6.53. The summed E-state index contributed by atoms with van der Waals surface area (Å²) in [4.78, 5) is 1.85. The SMILES string of the molecule is Cl.O[C@@H]1[C@@H](O)[C@H](O)O[C@H](CN(CCCl)CCCl)[C@@H]1O. The summed E-state index contributed by atoms with van der Waals surface area (Å²) in [5.41, 5.74) is 0. The molecule has 0 amide bonds. The Morgan fingerprint density at radius 1 is 0.895 bits per heavy atom. The van der Waals surface area contributed by atoms with Crippen molar-refractivity contribution >= 4 is 35.6 Å². The number of hydrogen-bond acceptors (Lipinski definition) is 6. The average molecular weight is 341 g/mol. The van der Waals surface area contributed by atoms with Crippen molar-refractivity contribution in [3.63, 3.8) is 0 Å². The molecule has 0 bridgehead atoms. The minimum Gasteiger partial charge on any atom is -0.388 e. The monoisotopic (exact) mass is 339 g/mol. The average Bonchev–Trinajstić information content (AvgIpc) is 2.34. The third-order valence-electron chi connectivity index (χ3n) is 2.93. The van der Waals surface area contributed by atoms with Crippen LogP contribution in [0.4, 0.5) is 0 Å². The van der Waals surface area contributed by atoms with Crippen molar-refractivity contribution in [2.75, 3.05) is 31.4 Å². The Labute approximate surface area is 128 Å². The van der Waals surface area contributed by atoms with Gasteiger partial charge in [-0.1, -0.05) is 0 Å². The van der Waals surface area contributed by atoms with E-state index in [1.807, 2.05) is 4.90 Å². The maximum Gasteiger partial charge on any atom is 0.184 e. The smallest absolute Gasteiger partial charge is 0.184 e. The Bertz CT molecular complexity index is 245. The number of nitrogens with zero attached hydrogens (tertiary/aromatic N) is 1. The first-order chi connectivity index (χ1) is 8.51. The van der Waals surface area contributed by atoms with E-state index in [4.69, 9.17) is 27.9 Å². The summed E-state index contributed by atoms with van der Waals surface area (Å²) in [5.74, 6) is 0.793. The largest absolute Gasteiger partial charge is 0.388 e. The fourth-order valence-electron chi connectivity index (χ4n) is 1.87. The number of aliphatic hydroxyl groups excluding tert-OH is 4. The second-order valence-corrected chi connectivity index (χ2v) is 4.97. The van der Waals surface area contributed by atoms with Crippen molar-refractivity contribution in [2.24, 2.45) is 0 Å². The molecule has 116 valence electrons. The predicted molar refractivity (Wildman–Crippen MR) is 74.0 cm³/mol. The van der Waals surface area contributed by atoms with Gasteiger partial charge in [0.25, 0.3) is 0 Å². The maximum absolute atomic E-state index is 9.77.